The number of nitrogens with one attached hydrogen (secondary N) is 1. The van der Waals surface area contributed by atoms with Gasteiger partial charge < -0.3 is 0 Å². The third-order valence-electron chi connectivity index (χ3n) is 3.11. The average molecular weight is 268 g/mol. The second-order valence-corrected chi connectivity index (χ2v) is 5.62. The molecule has 0 amide bonds. The largest absolute Gasteiger partial charge is 0.278 e. The summed E-state index contributed by atoms with van der Waals surface area (Å²) in [6, 6.07) is 18.6. The highest BCUT2D eigenvalue weighted by atomic mass is 32.2. The zero-order chi connectivity index (χ0) is 12.9. The first-order valence-electron chi connectivity index (χ1n) is 6.53. The van der Waals surface area contributed by atoms with Crippen LogP contribution < -0.4 is 5.43 Å². The molecule has 96 valence electrons. The lowest BCUT2D eigenvalue weighted by Crippen LogP contribution is -2.04. The lowest BCUT2D eigenvalue weighted by atomic mass is 10.1. The third-order valence-corrected chi connectivity index (χ3v) is 4.27. The van der Waals surface area contributed by atoms with Gasteiger partial charge in [-0.2, -0.15) is 5.10 Å². The van der Waals surface area contributed by atoms with Gasteiger partial charge in [-0.15, -0.1) is 11.8 Å². The molecular formula is C16H16N2S. The molecule has 2 nitrogen and oxygen atoms in total. The average Bonchev–Trinajstić information content (AvgIpc) is 2.68. The van der Waals surface area contributed by atoms with Crippen LogP contribution >= 0.6 is 11.8 Å². The van der Waals surface area contributed by atoms with Crippen LogP contribution in [0.2, 0.25) is 0 Å². The number of fused-ring (bicyclic) bond motifs is 1. The molecule has 0 atom stereocenters. The normalized spacial score (nSPS) is 16.7. The summed E-state index contributed by atoms with van der Waals surface area (Å²) in [7, 11) is 0. The fraction of sp³-hybridized carbons (Fsp3) is 0.188. The molecule has 3 rings (SSSR count). The van der Waals surface area contributed by atoms with Gasteiger partial charge in [0.1, 0.15) is 0 Å². The number of hydrazone groups is 1. The molecule has 2 aromatic carbocycles. The Labute approximate surface area is 117 Å². The van der Waals surface area contributed by atoms with Crippen LogP contribution in [-0.2, 0) is 0 Å². The topological polar surface area (TPSA) is 24.4 Å². The minimum atomic E-state index is 1.03. The molecule has 0 fully saturated rings. The number of benzene rings is 2. The van der Waals surface area contributed by atoms with E-state index in [9.17, 15) is 0 Å². The van der Waals surface area contributed by atoms with Crippen molar-refractivity contribution in [1.82, 2.24) is 0 Å². The number of para-hydroxylation sites is 1. The highest BCUT2D eigenvalue weighted by molar-refractivity contribution is 7.99. The van der Waals surface area contributed by atoms with E-state index in [0.29, 0.717) is 0 Å². The Morgan fingerprint density at radius 3 is 2.63 bits per heavy atom. The Morgan fingerprint density at radius 2 is 1.74 bits per heavy atom. The molecule has 3 heteroatoms. The summed E-state index contributed by atoms with van der Waals surface area (Å²) >= 11 is 1.93. The Bertz CT molecular complexity index is 578. The number of anilines is 1. The van der Waals surface area contributed by atoms with Crippen molar-refractivity contribution >= 4 is 23.2 Å². The molecule has 0 unspecified atom stereocenters. The van der Waals surface area contributed by atoms with E-state index in [1.54, 1.807) is 0 Å². The van der Waals surface area contributed by atoms with Gasteiger partial charge in [-0.25, -0.2) is 0 Å². The molecule has 0 aliphatic carbocycles. The van der Waals surface area contributed by atoms with Crippen molar-refractivity contribution in [3.8, 4) is 0 Å². The van der Waals surface area contributed by atoms with E-state index in [2.05, 4.69) is 34.8 Å². The van der Waals surface area contributed by atoms with E-state index in [4.69, 9.17) is 0 Å². The SMILES string of the molecule is c1ccc(N/N=C2\CCCSc3ccccc32)cc1. The predicted molar refractivity (Wildman–Crippen MR) is 83.0 cm³/mol. The van der Waals surface area contributed by atoms with E-state index < -0.39 is 0 Å². The maximum absolute atomic E-state index is 4.61. The monoisotopic (exact) mass is 268 g/mol. The maximum atomic E-state index is 4.61. The van der Waals surface area contributed by atoms with Crippen molar-refractivity contribution in [3.63, 3.8) is 0 Å². The molecule has 0 saturated heterocycles. The van der Waals surface area contributed by atoms with Gasteiger partial charge in [-0.05, 0) is 36.8 Å². The molecule has 0 radical (unpaired) electrons. The molecule has 1 heterocycles. The highest BCUT2D eigenvalue weighted by Gasteiger charge is 2.13. The zero-order valence-corrected chi connectivity index (χ0v) is 11.5. The molecule has 0 bridgehead atoms. The third kappa shape index (κ3) is 2.99. The van der Waals surface area contributed by atoms with Crippen molar-refractivity contribution in [3.05, 3.63) is 60.2 Å². The van der Waals surface area contributed by atoms with Crippen LogP contribution in [0.3, 0.4) is 0 Å². The Hall–Kier alpha value is -1.74. The Balaban J connectivity index is 1.88. The lowest BCUT2D eigenvalue weighted by molar-refractivity contribution is 1.01. The number of thioether (sulfide) groups is 1. The van der Waals surface area contributed by atoms with Crippen molar-refractivity contribution in [2.24, 2.45) is 5.10 Å². The molecule has 1 aliphatic rings. The van der Waals surface area contributed by atoms with Gasteiger partial charge in [-0.3, -0.25) is 5.43 Å². The predicted octanol–water partition coefficient (Wildman–Crippen LogP) is 4.39. The second-order valence-electron chi connectivity index (χ2n) is 4.48. The summed E-state index contributed by atoms with van der Waals surface area (Å²) in [5.41, 5.74) is 6.62. The van der Waals surface area contributed by atoms with Crippen molar-refractivity contribution in [1.29, 1.82) is 0 Å². The summed E-state index contributed by atoms with van der Waals surface area (Å²) in [5, 5.41) is 4.61. The Kier molecular flexibility index (Phi) is 3.84. The summed E-state index contributed by atoms with van der Waals surface area (Å²) in [5.74, 6) is 1.17. The second kappa shape index (κ2) is 5.93. The van der Waals surface area contributed by atoms with Crippen LogP contribution in [-0.4, -0.2) is 11.5 Å². The quantitative estimate of drug-likeness (QED) is 0.817. The number of hydrogen-bond donors (Lipinski definition) is 1. The van der Waals surface area contributed by atoms with Gasteiger partial charge in [0.25, 0.3) is 0 Å². The van der Waals surface area contributed by atoms with E-state index in [1.807, 2.05) is 42.1 Å². The molecule has 0 aromatic heterocycles. The van der Waals surface area contributed by atoms with Gasteiger partial charge in [-0.1, -0.05) is 36.4 Å². The van der Waals surface area contributed by atoms with Crippen LogP contribution in [0.1, 0.15) is 18.4 Å². The van der Waals surface area contributed by atoms with Gasteiger partial charge in [0, 0.05) is 10.5 Å². The minimum absolute atomic E-state index is 1.03. The molecule has 1 aliphatic heterocycles. The molecule has 2 aromatic rings. The van der Waals surface area contributed by atoms with Gasteiger partial charge in [0.15, 0.2) is 0 Å². The van der Waals surface area contributed by atoms with Crippen LogP contribution in [0.25, 0.3) is 0 Å². The molecule has 0 saturated carbocycles. The van der Waals surface area contributed by atoms with Gasteiger partial charge in [0.2, 0.25) is 0 Å². The zero-order valence-electron chi connectivity index (χ0n) is 10.7. The van der Waals surface area contributed by atoms with Crippen molar-refractivity contribution in [2.45, 2.75) is 17.7 Å². The van der Waals surface area contributed by atoms with E-state index in [0.717, 1.165) is 17.8 Å². The minimum Gasteiger partial charge on any atom is -0.278 e. The first kappa shape index (κ1) is 12.3. The summed E-state index contributed by atoms with van der Waals surface area (Å²) in [6.07, 6.45) is 2.21. The first-order chi connectivity index (χ1) is 9.43. The van der Waals surface area contributed by atoms with E-state index in [1.165, 1.54) is 22.6 Å². The molecular weight excluding hydrogens is 252 g/mol. The number of hydrogen-bond acceptors (Lipinski definition) is 3. The summed E-state index contributed by atoms with van der Waals surface area (Å²) in [6.45, 7) is 0. The van der Waals surface area contributed by atoms with Crippen LogP contribution in [0.4, 0.5) is 5.69 Å². The van der Waals surface area contributed by atoms with E-state index in [-0.39, 0.29) is 0 Å². The fourth-order valence-corrected chi connectivity index (χ4v) is 3.17. The summed E-state index contributed by atoms with van der Waals surface area (Å²) in [4.78, 5) is 1.34. The van der Waals surface area contributed by atoms with E-state index >= 15 is 0 Å². The Morgan fingerprint density at radius 1 is 0.947 bits per heavy atom. The van der Waals surface area contributed by atoms with Crippen LogP contribution in [0.15, 0.2) is 64.6 Å². The van der Waals surface area contributed by atoms with Gasteiger partial charge in [0.05, 0.1) is 11.4 Å². The van der Waals surface area contributed by atoms with Gasteiger partial charge >= 0.3 is 0 Å². The molecule has 1 N–H and O–H groups in total. The number of rotatable bonds is 2. The molecule has 19 heavy (non-hydrogen) atoms. The fourth-order valence-electron chi connectivity index (χ4n) is 2.15. The maximum Gasteiger partial charge on any atom is 0.0690 e. The first-order valence-corrected chi connectivity index (χ1v) is 7.52. The number of nitrogens with zero attached hydrogens (tertiary/aromatic N) is 1. The van der Waals surface area contributed by atoms with Crippen molar-refractivity contribution in [2.75, 3.05) is 11.2 Å². The van der Waals surface area contributed by atoms with Crippen molar-refractivity contribution < 1.29 is 0 Å². The smallest absolute Gasteiger partial charge is 0.0690 e. The van der Waals surface area contributed by atoms with Crippen LogP contribution in [0, 0.1) is 0 Å². The van der Waals surface area contributed by atoms with Crippen LogP contribution in [0.5, 0.6) is 0 Å². The standard InChI is InChI=1S/C16H16N2S/c1-2-7-13(8-3-1)17-18-15-10-6-12-19-16-11-5-4-9-14(15)16/h1-5,7-9,11,17H,6,10,12H2/b18-15+. The lowest BCUT2D eigenvalue weighted by Gasteiger charge is -2.08. The summed E-state index contributed by atoms with van der Waals surface area (Å²) < 4.78 is 0. The highest BCUT2D eigenvalue weighted by Crippen LogP contribution is 2.29. The molecule has 0 spiro atoms.